The SMILES string of the molecule is O=C(Nc1ccccc1)N[C@@H]1CCCc2cn[nH]c21. The number of fused-ring (bicyclic) bond motifs is 1. The standard InChI is InChI=1S/C14H16N4O/c19-14(16-11-6-2-1-3-7-11)17-12-8-4-5-10-9-15-18-13(10)12/h1-3,6-7,9,12H,4-5,8H2,(H,15,18)(H2,16,17,19)/t12-/m1/s1. The van der Waals surface area contributed by atoms with Crippen molar-refractivity contribution < 1.29 is 4.79 Å². The van der Waals surface area contributed by atoms with E-state index in [-0.39, 0.29) is 12.1 Å². The van der Waals surface area contributed by atoms with E-state index in [0.717, 1.165) is 30.6 Å². The summed E-state index contributed by atoms with van der Waals surface area (Å²) in [4.78, 5) is 12.0. The van der Waals surface area contributed by atoms with Crippen LogP contribution < -0.4 is 10.6 Å². The van der Waals surface area contributed by atoms with Gasteiger partial charge in [-0.15, -0.1) is 0 Å². The number of carbonyl (C=O) groups excluding carboxylic acids is 1. The molecule has 0 saturated carbocycles. The predicted octanol–water partition coefficient (Wildman–Crippen LogP) is 2.61. The van der Waals surface area contributed by atoms with Gasteiger partial charge >= 0.3 is 6.03 Å². The molecule has 0 aliphatic heterocycles. The third-order valence-electron chi connectivity index (χ3n) is 3.38. The number of rotatable bonds is 2. The van der Waals surface area contributed by atoms with Crippen LogP contribution in [0, 0.1) is 0 Å². The highest BCUT2D eigenvalue weighted by Crippen LogP contribution is 2.27. The molecule has 2 aromatic rings. The Bertz CT molecular complexity index is 564. The van der Waals surface area contributed by atoms with E-state index in [1.807, 2.05) is 36.5 Å². The predicted molar refractivity (Wildman–Crippen MR) is 72.9 cm³/mol. The average molecular weight is 256 g/mol. The first-order valence-electron chi connectivity index (χ1n) is 6.47. The maximum Gasteiger partial charge on any atom is 0.319 e. The van der Waals surface area contributed by atoms with Gasteiger partial charge in [-0.2, -0.15) is 5.10 Å². The Morgan fingerprint density at radius 1 is 1.32 bits per heavy atom. The van der Waals surface area contributed by atoms with E-state index in [4.69, 9.17) is 0 Å². The summed E-state index contributed by atoms with van der Waals surface area (Å²) in [6.45, 7) is 0. The van der Waals surface area contributed by atoms with Crippen LogP contribution in [0.25, 0.3) is 0 Å². The van der Waals surface area contributed by atoms with Gasteiger partial charge in [0.2, 0.25) is 0 Å². The molecular formula is C14H16N4O. The number of carbonyl (C=O) groups is 1. The molecule has 5 nitrogen and oxygen atoms in total. The van der Waals surface area contributed by atoms with Gasteiger partial charge in [0.25, 0.3) is 0 Å². The number of anilines is 1. The summed E-state index contributed by atoms with van der Waals surface area (Å²) in [6.07, 6.45) is 4.89. The number of urea groups is 1. The first-order valence-corrected chi connectivity index (χ1v) is 6.47. The fourth-order valence-corrected chi connectivity index (χ4v) is 2.45. The van der Waals surface area contributed by atoms with Crippen LogP contribution in [0.1, 0.15) is 30.1 Å². The van der Waals surface area contributed by atoms with Crippen molar-refractivity contribution in [1.29, 1.82) is 0 Å². The monoisotopic (exact) mass is 256 g/mol. The summed E-state index contributed by atoms with van der Waals surface area (Å²) in [6, 6.07) is 9.27. The highest BCUT2D eigenvalue weighted by Gasteiger charge is 2.23. The molecule has 1 aromatic carbocycles. The Morgan fingerprint density at radius 3 is 3.00 bits per heavy atom. The number of hydrogen-bond donors (Lipinski definition) is 3. The summed E-state index contributed by atoms with van der Waals surface area (Å²) in [7, 11) is 0. The fourth-order valence-electron chi connectivity index (χ4n) is 2.45. The minimum Gasteiger partial charge on any atom is -0.330 e. The first kappa shape index (κ1) is 11.8. The lowest BCUT2D eigenvalue weighted by Crippen LogP contribution is -2.34. The van der Waals surface area contributed by atoms with Crippen LogP contribution in [0.3, 0.4) is 0 Å². The van der Waals surface area contributed by atoms with Gasteiger partial charge in [-0.1, -0.05) is 18.2 Å². The Morgan fingerprint density at radius 2 is 2.16 bits per heavy atom. The molecule has 1 aromatic heterocycles. The smallest absolute Gasteiger partial charge is 0.319 e. The van der Waals surface area contributed by atoms with Gasteiger partial charge in [-0.25, -0.2) is 4.79 Å². The number of aromatic amines is 1. The summed E-state index contributed by atoms with van der Waals surface area (Å²) < 4.78 is 0. The van der Waals surface area contributed by atoms with E-state index in [9.17, 15) is 4.79 Å². The molecule has 0 saturated heterocycles. The number of hydrogen-bond acceptors (Lipinski definition) is 2. The molecule has 19 heavy (non-hydrogen) atoms. The topological polar surface area (TPSA) is 69.8 Å². The van der Waals surface area contributed by atoms with E-state index in [1.54, 1.807) is 0 Å². The number of amides is 2. The number of aryl methyl sites for hydroxylation is 1. The van der Waals surface area contributed by atoms with Crippen molar-refractivity contribution in [1.82, 2.24) is 15.5 Å². The van der Waals surface area contributed by atoms with Crippen molar-refractivity contribution in [2.45, 2.75) is 25.3 Å². The zero-order chi connectivity index (χ0) is 13.1. The second-order valence-corrected chi connectivity index (χ2v) is 4.72. The zero-order valence-corrected chi connectivity index (χ0v) is 10.5. The molecule has 0 spiro atoms. The van der Waals surface area contributed by atoms with E-state index in [0.29, 0.717) is 0 Å². The highest BCUT2D eigenvalue weighted by atomic mass is 16.2. The summed E-state index contributed by atoms with van der Waals surface area (Å²) >= 11 is 0. The van der Waals surface area contributed by atoms with Gasteiger partial charge in [-0.3, -0.25) is 5.10 Å². The Labute approximate surface area is 111 Å². The van der Waals surface area contributed by atoms with E-state index in [1.165, 1.54) is 5.56 Å². The molecule has 0 radical (unpaired) electrons. The van der Waals surface area contributed by atoms with Crippen molar-refractivity contribution in [3.05, 3.63) is 47.8 Å². The van der Waals surface area contributed by atoms with Gasteiger partial charge in [-0.05, 0) is 37.0 Å². The molecule has 0 fully saturated rings. The van der Waals surface area contributed by atoms with Crippen LogP contribution in [-0.4, -0.2) is 16.2 Å². The number of H-pyrrole nitrogens is 1. The molecule has 0 unspecified atom stereocenters. The van der Waals surface area contributed by atoms with E-state index >= 15 is 0 Å². The molecule has 3 rings (SSSR count). The number of benzene rings is 1. The van der Waals surface area contributed by atoms with Crippen LogP contribution >= 0.6 is 0 Å². The van der Waals surface area contributed by atoms with E-state index in [2.05, 4.69) is 20.8 Å². The lowest BCUT2D eigenvalue weighted by atomic mass is 9.94. The second kappa shape index (κ2) is 5.14. The molecular weight excluding hydrogens is 240 g/mol. The Kier molecular flexibility index (Phi) is 3.18. The second-order valence-electron chi connectivity index (χ2n) is 4.72. The van der Waals surface area contributed by atoms with Crippen molar-refractivity contribution in [3.8, 4) is 0 Å². The lowest BCUT2D eigenvalue weighted by molar-refractivity contribution is 0.247. The molecule has 0 bridgehead atoms. The number of aromatic nitrogens is 2. The van der Waals surface area contributed by atoms with Gasteiger partial charge in [0.05, 0.1) is 17.9 Å². The highest BCUT2D eigenvalue weighted by molar-refractivity contribution is 5.89. The van der Waals surface area contributed by atoms with Crippen LogP contribution in [0.4, 0.5) is 10.5 Å². The fraction of sp³-hybridized carbons (Fsp3) is 0.286. The van der Waals surface area contributed by atoms with Crippen LogP contribution in [0.5, 0.6) is 0 Å². The van der Waals surface area contributed by atoms with Crippen molar-refractivity contribution in [2.24, 2.45) is 0 Å². The summed E-state index contributed by atoms with van der Waals surface area (Å²) in [5, 5.41) is 12.8. The number of para-hydroxylation sites is 1. The van der Waals surface area contributed by atoms with Crippen LogP contribution in [0.2, 0.25) is 0 Å². The number of nitrogens with zero attached hydrogens (tertiary/aromatic N) is 1. The van der Waals surface area contributed by atoms with Gasteiger partial charge < -0.3 is 10.6 Å². The number of nitrogens with one attached hydrogen (secondary N) is 3. The van der Waals surface area contributed by atoms with Crippen molar-refractivity contribution in [3.63, 3.8) is 0 Å². The lowest BCUT2D eigenvalue weighted by Gasteiger charge is -2.23. The molecule has 1 aliphatic rings. The van der Waals surface area contributed by atoms with Gasteiger partial charge in [0, 0.05) is 5.69 Å². The third kappa shape index (κ3) is 2.59. The molecule has 98 valence electrons. The van der Waals surface area contributed by atoms with Crippen molar-refractivity contribution >= 4 is 11.7 Å². The largest absolute Gasteiger partial charge is 0.330 e. The Hall–Kier alpha value is -2.30. The van der Waals surface area contributed by atoms with Gasteiger partial charge in [0.1, 0.15) is 0 Å². The van der Waals surface area contributed by atoms with Crippen LogP contribution in [0.15, 0.2) is 36.5 Å². The summed E-state index contributed by atoms with van der Waals surface area (Å²) in [5.41, 5.74) is 3.03. The quantitative estimate of drug-likeness (QED) is 0.773. The molecule has 3 N–H and O–H groups in total. The first-order chi connectivity index (χ1) is 9.33. The zero-order valence-electron chi connectivity index (χ0n) is 10.5. The van der Waals surface area contributed by atoms with Crippen molar-refractivity contribution in [2.75, 3.05) is 5.32 Å². The van der Waals surface area contributed by atoms with E-state index < -0.39 is 0 Å². The molecule has 5 heteroatoms. The minimum absolute atomic E-state index is 0.0231. The molecule has 1 atom stereocenters. The third-order valence-corrected chi connectivity index (χ3v) is 3.38. The summed E-state index contributed by atoms with van der Waals surface area (Å²) in [5.74, 6) is 0. The average Bonchev–Trinajstić information content (AvgIpc) is 2.89. The van der Waals surface area contributed by atoms with Crippen LogP contribution in [-0.2, 0) is 6.42 Å². The normalized spacial score (nSPS) is 17.6. The van der Waals surface area contributed by atoms with Gasteiger partial charge in [0.15, 0.2) is 0 Å². The Balaban J connectivity index is 1.65. The molecule has 1 aliphatic carbocycles. The maximum absolute atomic E-state index is 12.0. The maximum atomic E-state index is 12.0. The minimum atomic E-state index is -0.182. The molecule has 1 heterocycles. The molecule has 2 amide bonds.